The standard InChI is InChI=1S/C15H25NO4/c1-2-13(20-12-5-3-4-6-12)14(17)16-11-8-7-10(9-11)15(18)19/h10-13H,2-9H2,1H3,(H,16,17)(H,18,19)/t10-,11+,13?/m1/s1. The molecule has 3 atom stereocenters. The van der Waals surface area contributed by atoms with E-state index >= 15 is 0 Å². The van der Waals surface area contributed by atoms with Crippen molar-refractivity contribution < 1.29 is 19.4 Å². The Morgan fingerprint density at radius 1 is 1.25 bits per heavy atom. The molecule has 5 nitrogen and oxygen atoms in total. The van der Waals surface area contributed by atoms with Gasteiger partial charge in [-0.1, -0.05) is 19.8 Å². The van der Waals surface area contributed by atoms with Gasteiger partial charge in [0, 0.05) is 6.04 Å². The van der Waals surface area contributed by atoms with E-state index in [1.165, 1.54) is 12.8 Å². The number of amides is 1. The largest absolute Gasteiger partial charge is 0.481 e. The van der Waals surface area contributed by atoms with E-state index in [1.54, 1.807) is 0 Å². The highest BCUT2D eigenvalue weighted by atomic mass is 16.5. The fourth-order valence-corrected chi connectivity index (χ4v) is 3.23. The molecule has 114 valence electrons. The number of rotatable bonds is 6. The number of nitrogens with one attached hydrogen (secondary N) is 1. The maximum atomic E-state index is 12.2. The minimum Gasteiger partial charge on any atom is -0.481 e. The van der Waals surface area contributed by atoms with E-state index in [4.69, 9.17) is 9.84 Å². The predicted molar refractivity (Wildman–Crippen MR) is 74.3 cm³/mol. The van der Waals surface area contributed by atoms with E-state index in [9.17, 15) is 9.59 Å². The van der Waals surface area contributed by atoms with E-state index in [0.29, 0.717) is 19.3 Å². The second-order valence-electron chi connectivity index (χ2n) is 5.99. The van der Waals surface area contributed by atoms with E-state index in [1.807, 2.05) is 6.92 Å². The Balaban J connectivity index is 1.78. The van der Waals surface area contributed by atoms with E-state index < -0.39 is 5.97 Å². The molecule has 0 spiro atoms. The molecule has 0 radical (unpaired) electrons. The number of ether oxygens (including phenoxy) is 1. The number of aliphatic carboxylic acids is 1. The minimum atomic E-state index is -0.754. The quantitative estimate of drug-likeness (QED) is 0.782. The van der Waals surface area contributed by atoms with Crippen molar-refractivity contribution in [2.75, 3.05) is 0 Å². The Kier molecular flexibility index (Phi) is 5.40. The van der Waals surface area contributed by atoms with Crippen molar-refractivity contribution in [1.82, 2.24) is 5.32 Å². The molecule has 0 aromatic heterocycles. The molecule has 2 saturated carbocycles. The van der Waals surface area contributed by atoms with Gasteiger partial charge in [0.05, 0.1) is 12.0 Å². The molecule has 0 saturated heterocycles. The summed E-state index contributed by atoms with van der Waals surface area (Å²) in [6.07, 6.45) is 6.92. The van der Waals surface area contributed by atoms with Crippen LogP contribution in [0.2, 0.25) is 0 Å². The first kappa shape index (κ1) is 15.3. The molecule has 5 heteroatoms. The first-order valence-electron chi connectivity index (χ1n) is 7.78. The Bertz CT molecular complexity index is 352. The van der Waals surface area contributed by atoms with Gasteiger partial charge in [-0.15, -0.1) is 0 Å². The lowest BCUT2D eigenvalue weighted by Gasteiger charge is -2.22. The van der Waals surface area contributed by atoms with Gasteiger partial charge in [0.1, 0.15) is 6.10 Å². The van der Waals surface area contributed by atoms with Crippen LogP contribution >= 0.6 is 0 Å². The molecule has 2 rings (SSSR count). The van der Waals surface area contributed by atoms with Crippen molar-refractivity contribution in [3.63, 3.8) is 0 Å². The van der Waals surface area contributed by atoms with Gasteiger partial charge in [-0.05, 0) is 38.5 Å². The van der Waals surface area contributed by atoms with Gasteiger partial charge in [0.25, 0.3) is 0 Å². The average Bonchev–Trinajstić information content (AvgIpc) is 3.06. The molecule has 1 unspecified atom stereocenters. The number of carbonyl (C=O) groups is 2. The summed E-state index contributed by atoms with van der Waals surface area (Å²) in [7, 11) is 0. The summed E-state index contributed by atoms with van der Waals surface area (Å²) in [6, 6.07) is -0.00942. The van der Waals surface area contributed by atoms with Crippen LogP contribution in [0.4, 0.5) is 0 Å². The zero-order chi connectivity index (χ0) is 14.5. The van der Waals surface area contributed by atoms with Crippen LogP contribution in [-0.4, -0.2) is 35.2 Å². The zero-order valence-corrected chi connectivity index (χ0v) is 12.1. The predicted octanol–water partition coefficient (Wildman–Crippen LogP) is 2.09. The summed E-state index contributed by atoms with van der Waals surface area (Å²) < 4.78 is 5.88. The van der Waals surface area contributed by atoms with Crippen LogP contribution < -0.4 is 5.32 Å². The third kappa shape index (κ3) is 3.95. The summed E-state index contributed by atoms with van der Waals surface area (Å²) in [5, 5.41) is 11.9. The first-order chi connectivity index (χ1) is 9.60. The van der Waals surface area contributed by atoms with Crippen LogP contribution in [0, 0.1) is 5.92 Å². The van der Waals surface area contributed by atoms with E-state index in [-0.39, 0.29) is 30.1 Å². The number of carbonyl (C=O) groups excluding carboxylic acids is 1. The molecule has 20 heavy (non-hydrogen) atoms. The maximum absolute atomic E-state index is 12.2. The van der Waals surface area contributed by atoms with Gasteiger partial charge in [-0.3, -0.25) is 9.59 Å². The fraction of sp³-hybridized carbons (Fsp3) is 0.867. The Hall–Kier alpha value is -1.10. The lowest BCUT2D eigenvalue weighted by Crippen LogP contribution is -2.42. The number of hydrogen-bond donors (Lipinski definition) is 2. The Labute approximate surface area is 120 Å². The minimum absolute atomic E-state index is 0.00942. The summed E-state index contributed by atoms with van der Waals surface area (Å²) in [4.78, 5) is 23.1. The molecule has 2 aliphatic rings. The van der Waals surface area contributed by atoms with Gasteiger partial charge in [0.2, 0.25) is 5.91 Å². The van der Waals surface area contributed by atoms with Gasteiger partial charge < -0.3 is 15.2 Å². The van der Waals surface area contributed by atoms with Crippen molar-refractivity contribution in [3.05, 3.63) is 0 Å². The van der Waals surface area contributed by atoms with Crippen LogP contribution in [0.25, 0.3) is 0 Å². The highest BCUT2D eigenvalue weighted by molar-refractivity contribution is 5.81. The monoisotopic (exact) mass is 283 g/mol. The molecular formula is C15H25NO4. The average molecular weight is 283 g/mol. The Morgan fingerprint density at radius 3 is 2.50 bits per heavy atom. The van der Waals surface area contributed by atoms with Crippen LogP contribution in [-0.2, 0) is 14.3 Å². The highest BCUT2D eigenvalue weighted by Gasteiger charge is 2.32. The van der Waals surface area contributed by atoms with Crippen LogP contribution in [0.5, 0.6) is 0 Å². The normalized spacial score (nSPS) is 28.4. The molecule has 0 aromatic rings. The maximum Gasteiger partial charge on any atom is 0.306 e. The van der Waals surface area contributed by atoms with E-state index in [2.05, 4.69) is 5.32 Å². The third-order valence-electron chi connectivity index (χ3n) is 4.45. The molecule has 1 amide bonds. The van der Waals surface area contributed by atoms with Gasteiger partial charge in [0.15, 0.2) is 0 Å². The van der Waals surface area contributed by atoms with Crippen LogP contribution in [0.1, 0.15) is 58.3 Å². The highest BCUT2D eigenvalue weighted by Crippen LogP contribution is 2.26. The first-order valence-corrected chi connectivity index (χ1v) is 7.78. The van der Waals surface area contributed by atoms with E-state index in [0.717, 1.165) is 19.3 Å². The molecule has 0 aromatic carbocycles. The zero-order valence-electron chi connectivity index (χ0n) is 12.1. The molecule has 2 fully saturated rings. The SMILES string of the molecule is CCC(OC1CCCC1)C(=O)N[C@H]1CC[C@@H](C(=O)O)C1. The van der Waals surface area contributed by atoms with Crippen molar-refractivity contribution >= 4 is 11.9 Å². The molecule has 0 bridgehead atoms. The summed E-state index contributed by atoms with van der Waals surface area (Å²) in [6.45, 7) is 1.95. The fourth-order valence-electron chi connectivity index (χ4n) is 3.23. The molecule has 2 N–H and O–H groups in total. The molecule has 2 aliphatic carbocycles. The summed E-state index contributed by atoms with van der Waals surface area (Å²) in [5.74, 6) is -1.14. The van der Waals surface area contributed by atoms with Crippen molar-refractivity contribution in [2.24, 2.45) is 5.92 Å². The van der Waals surface area contributed by atoms with Crippen molar-refractivity contribution in [1.29, 1.82) is 0 Å². The summed E-state index contributed by atoms with van der Waals surface area (Å²) in [5.41, 5.74) is 0. The molecular weight excluding hydrogens is 258 g/mol. The Morgan fingerprint density at radius 2 is 1.95 bits per heavy atom. The van der Waals surface area contributed by atoms with Crippen molar-refractivity contribution in [2.45, 2.75) is 76.5 Å². The lowest BCUT2D eigenvalue weighted by molar-refractivity contribution is -0.142. The molecule has 0 aliphatic heterocycles. The van der Waals surface area contributed by atoms with Crippen LogP contribution in [0.3, 0.4) is 0 Å². The van der Waals surface area contributed by atoms with Gasteiger partial charge >= 0.3 is 5.97 Å². The smallest absolute Gasteiger partial charge is 0.306 e. The van der Waals surface area contributed by atoms with Gasteiger partial charge in [-0.25, -0.2) is 0 Å². The van der Waals surface area contributed by atoms with Crippen molar-refractivity contribution in [3.8, 4) is 0 Å². The van der Waals surface area contributed by atoms with Crippen LogP contribution in [0.15, 0.2) is 0 Å². The lowest BCUT2D eigenvalue weighted by atomic mass is 10.1. The second kappa shape index (κ2) is 7.07. The second-order valence-corrected chi connectivity index (χ2v) is 5.99. The topological polar surface area (TPSA) is 75.6 Å². The molecule has 0 heterocycles. The number of hydrogen-bond acceptors (Lipinski definition) is 3. The van der Waals surface area contributed by atoms with Gasteiger partial charge in [-0.2, -0.15) is 0 Å². The summed E-state index contributed by atoms with van der Waals surface area (Å²) >= 11 is 0. The third-order valence-corrected chi connectivity index (χ3v) is 4.45. The number of carboxylic acids is 1. The number of carboxylic acid groups (broad SMARTS) is 1.